The molecular weight excluding hydrogens is 366 g/mol. The fourth-order valence-corrected chi connectivity index (χ4v) is 4.14. The van der Waals surface area contributed by atoms with Crippen molar-refractivity contribution in [2.75, 3.05) is 13.1 Å². The SMILES string of the molecule is CC(N)C1CCN(C(=O)c2ccc3c(c2)C(=O)N(Cc2ccccc2)C3=O)CC1. The number of likely N-dealkylation sites (tertiary alicyclic amines) is 1. The average molecular weight is 391 g/mol. The molecule has 0 bridgehead atoms. The summed E-state index contributed by atoms with van der Waals surface area (Å²) < 4.78 is 0. The molecule has 2 heterocycles. The maximum Gasteiger partial charge on any atom is 0.261 e. The Morgan fingerprint density at radius 3 is 2.34 bits per heavy atom. The lowest BCUT2D eigenvalue weighted by molar-refractivity contribution is 0.0641. The Bertz CT molecular complexity index is 947. The molecule has 6 nitrogen and oxygen atoms in total. The third kappa shape index (κ3) is 3.68. The van der Waals surface area contributed by atoms with Gasteiger partial charge in [-0.1, -0.05) is 30.3 Å². The van der Waals surface area contributed by atoms with E-state index in [9.17, 15) is 14.4 Å². The van der Waals surface area contributed by atoms with Crippen LogP contribution in [0.5, 0.6) is 0 Å². The molecule has 1 fully saturated rings. The molecule has 2 N–H and O–H groups in total. The van der Waals surface area contributed by atoms with Crippen LogP contribution in [0.1, 0.15) is 56.4 Å². The second-order valence-electron chi connectivity index (χ2n) is 7.93. The van der Waals surface area contributed by atoms with Gasteiger partial charge >= 0.3 is 0 Å². The molecule has 3 amide bonds. The van der Waals surface area contributed by atoms with E-state index in [1.54, 1.807) is 18.2 Å². The summed E-state index contributed by atoms with van der Waals surface area (Å²) in [6, 6.07) is 14.3. The standard InChI is InChI=1S/C23H25N3O3/c1-15(24)17-9-11-25(12-10-17)21(27)18-7-8-19-20(13-18)23(29)26(22(19)28)14-16-5-3-2-4-6-16/h2-8,13,15,17H,9-12,14,24H2,1H3. The maximum absolute atomic E-state index is 12.9. The molecule has 1 unspecified atom stereocenters. The number of carbonyl (C=O) groups excluding carboxylic acids is 3. The number of carbonyl (C=O) groups is 3. The first-order chi connectivity index (χ1) is 14.0. The molecule has 2 aliphatic heterocycles. The molecule has 0 aromatic heterocycles. The molecule has 1 atom stereocenters. The Labute approximate surface area is 170 Å². The van der Waals surface area contributed by atoms with Gasteiger partial charge < -0.3 is 10.6 Å². The second-order valence-corrected chi connectivity index (χ2v) is 7.93. The van der Waals surface area contributed by atoms with Crippen molar-refractivity contribution < 1.29 is 14.4 Å². The van der Waals surface area contributed by atoms with Crippen LogP contribution in [0.15, 0.2) is 48.5 Å². The summed E-state index contributed by atoms with van der Waals surface area (Å²) in [5.74, 6) is -0.327. The highest BCUT2D eigenvalue weighted by atomic mass is 16.2. The van der Waals surface area contributed by atoms with Crippen molar-refractivity contribution in [2.24, 2.45) is 11.7 Å². The van der Waals surface area contributed by atoms with Crippen LogP contribution in [0.3, 0.4) is 0 Å². The minimum absolute atomic E-state index is 0.0994. The monoisotopic (exact) mass is 391 g/mol. The quantitative estimate of drug-likeness (QED) is 0.812. The lowest BCUT2D eigenvalue weighted by atomic mass is 9.90. The summed E-state index contributed by atoms with van der Waals surface area (Å²) in [5, 5.41) is 0. The van der Waals surface area contributed by atoms with Gasteiger partial charge in [0.2, 0.25) is 0 Å². The molecule has 0 spiro atoms. The lowest BCUT2D eigenvalue weighted by Crippen LogP contribution is -2.42. The zero-order valence-electron chi connectivity index (χ0n) is 16.5. The Hall–Kier alpha value is -2.99. The Kier molecular flexibility index (Phi) is 5.20. The molecule has 150 valence electrons. The van der Waals surface area contributed by atoms with E-state index in [0.717, 1.165) is 18.4 Å². The van der Waals surface area contributed by atoms with E-state index in [-0.39, 0.29) is 30.3 Å². The number of benzene rings is 2. The molecule has 4 rings (SSSR count). The summed E-state index contributed by atoms with van der Waals surface area (Å²) >= 11 is 0. The van der Waals surface area contributed by atoms with Crippen molar-refractivity contribution in [2.45, 2.75) is 32.4 Å². The zero-order valence-corrected chi connectivity index (χ0v) is 16.5. The van der Waals surface area contributed by atoms with Gasteiger partial charge in [0, 0.05) is 24.7 Å². The van der Waals surface area contributed by atoms with Crippen LogP contribution in [-0.4, -0.2) is 46.7 Å². The number of rotatable bonds is 4. The van der Waals surface area contributed by atoms with Crippen LogP contribution in [0.4, 0.5) is 0 Å². The molecule has 1 saturated heterocycles. The fraction of sp³-hybridized carbons (Fsp3) is 0.348. The van der Waals surface area contributed by atoms with Crippen LogP contribution in [-0.2, 0) is 6.54 Å². The van der Waals surface area contributed by atoms with Gasteiger partial charge in [0.1, 0.15) is 0 Å². The average Bonchev–Trinajstić information content (AvgIpc) is 2.98. The summed E-state index contributed by atoms with van der Waals surface area (Å²) in [6.07, 6.45) is 1.77. The molecule has 0 radical (unpaired) electrons. The summed E-state index contributed by atoms with van der Waals surface area (Å²) in [5.41, 5.74) is 7.98. The van der Waals surface area contributed by atoms with Gasteiger partial charge in [-0.25, -0.2) is 0 Å². The van der Waals surface area contributed by atoms with Gasteiger partial charge in [-0.15, -0.1) is 0 Å². The molecule has 6 heteroatoms. The maximum atomic E-state index is 12.9. The van der Waals surface area contributed by atoms with E-state index >= 15 is 0 Å². The minimum Gasteiger partial charge on any atom is -0.339 e. The predicted octanol–water partition coefficient (Wildman–Crippen LogP) is 2.68. The van der Waals surface area contributed by atoms with Crippen LogP contribution in [0.25, 0.3) is 0 Å². The number of hydrogen-bond acceptors (Lipinski definition) is 4. The van der Waals surface area contributed by atoms with Crippen molar-refractivity contribution in [3.63, 3.8) is 0 Å². The molecule has 2 aliphatic rings. The molecule has 29 heavy (non-hydrogen) atoms. The number of amides is 3. The van der Waals surface area contributed by atoms with E-state index in [0.29, 0.717) is 35.7 Å². The Morgan fingerprint density at radius 1 is 1.03 bits per heavy atom. The highest BCUT2D eigenvalue weighted by Gasteiger charge is 2.36. The lowest BCUT2D eigenvalue weighted by Gasteiger charge is -2.33. The highest BCUT2D eigenvalue weighted by Crippen LogP contribution is 2.27. The Balaban J connectivity index is 1.51. The first-order valence-electron chi connectivity index (χ1n) is 10.0. The van der Waals surface area contributed by atoms with Crippen LogP contribution < -0.4 is 5.73 Å². The predicted molar refractivity (Wildman–Crippen MR) is 109 cm³/mol. The molecule has 0 aliphatic carbocycles. The van der Waals surface area contributed by atoms with Crippen molar-refractivity contribution in [1.29, 1.82) is 0 Å². The highest BCUT2D eigenvalue weighted by molar-refractivity contribution is 6.22. The minimum atomic E-state index is -0.348. The molecular formula is C23H25N3O3. The van der Waals surface area contributed by atoms with Crippen molar-refractivity contribution in [3.8, 4) is 0 Å². The number of piperidine rings is 1. The van der Waals surface area contributed by atoms with E-state index in [1.165, 1.54) is 4.90 Å². The first-order valence-corrected chi connectivity index (χ1v) is 10.0. The van der Waals surface area contributed by atoms with E-state index in [4.69, 9.17) is 5.73 Å². The summed E-state index contributed by atoms with van der Waals surface area (Å²) in [7, 11) is 0. The van der Waals surface area contributed by atoms with E-state index in [2.05, 4.69) is 0 Å². The van der Waals surface area contributed by atoms with Gasteiger partial charge in [0.25, 0.3) is 17.7 Å². The van der Waals surface area contributed by atoms with Crippen molar-refractivity contribution in [3.05, 3.63) is 70.8 Å². The van der Waals surface area contributed by atoms with Crippen LogP contribution >= 0.6 is 0 Å². The molecule has 2 aromatic carbocycles. The van der Waals surface area contributed by atoms with E-state index < -0.39 is 0 Å². The van der Waals surface area contributed by atoms with Gasteiger partial charge in [0.15, 0.2) is 0 Å². The number of fused-ring (bicyclic) bond motifs is 1. The third-order valence-corrected chi connectivity index (χ3v) is 5.97. The zero-order chi connectivity index (χ0) is 20.5. The summed E-state index contributed by atoms with van der Waals surface area (Å²) in [4.78, 5) is 41.5. The normalized spacial score (nSPS) is 18.1. The largest absolute Gasteiger partial charge is 0.339 e. The van der Waals surface area contributed by atoms with Crippen molar-refractivity contribution >= 4 is 17.7 Å². The third-order valence-electron chi connectivity index (χ3n) is 5.97. The number of hydrogen-bond donors (Lipinski definition) is 1. The fourth-order valence-electron chi connectivity index (χ4n) is 4.14. The molecule has 2 aromatic rings. The van der Waals surface area contributed by atoms with Crippen LogP contribution in [0.2, 0.25) is 0 Å². The topological polar surface area (TPSA) is 83.7 Å². The van der Waals surface area contributed by atoms with Crippen molar-refractivity contribution in [1.82, 2.24) is 9.80 Å². The first kappa shape index (κ1) is 19.3. The van der Waals surface area contributed by atoms with Gasteiger partial charge in [-0.3, -0.25) is 19.3 Å². The van der Waals surface area contributed by atoms with Gasteiger partial charge in [-0.2, -0.15) is 0 Å². The molecule has 0 saturated carbocycles. The smallest absolute Gasteiger partial charge is 0.261 e. The Morgan fingerprint density at radius 2 is 1.69 bits per heavy atom. The van der Waals surface area contributed by atoms with Gasteiger partial charge in [-0.05, 0) is 49.4 Å². The van der Waals surface area contributed by atoms with Gasteiger partial charge in [0.05, 0.1) is 17.7 Å². The van der Waals surface area contributed by atoms with E-state index in [1.807, 2.05) is 42.2 Å². The van der Waals surface area contributed by atoms with Crippen LogP contribution in [0, 0.1) is 5.92 Å². The number of imide groups is 1. The number of nitrogens with zero attached hydrogens (tertiary/aromatic N) is 2. The summed E-state index contributed by atoms with van der Waals surface area (Å²) in [6.45, 7) is 3.55. The number of nitrogens with two attached hydrogens (primary N) is 1. The second kappa shape index (κ2) is 7.79.